The molecule has 2 amide bonds. The van der Waals surface area contributed by atoms with E-state index < -0.39 is 0 Å². The Morgan fingerprint density at radius 2 is 1.49 bits per heavy atom. The van der Waals surface area contributed by atoms with Crippen molar-refractivity contribution in [2.45, 2.75) is 19.3 Å². The lowest BCUT2D eigenvalue weighted by Gasteiger charge is -2.38. The highest BCUT2D eigenvalue weighted by Crippen LogP contribution is 2.35. The molecule has 192 valence electrons. The minimum atomic E-state index is -0.236. The molecule has 0 aliphatic carbocycles. The summed E-state index contributed by atoms with van der Waals surface area (Å²) in [5.74, 6) is 0.852. The van der Waals surface area contributed by atoms with Gasteiger partial charge >= 0.3 is 0 Å². The van der Waals surface area contributed by atoms with Crippen LogP contribution in [0.2, 0.25) is 0 Å². The molecule has 2 saturated heterocycles. The number of hydrogen-bond acceptors (Lipinski definition) is 4. The number of para-hydroxylation sites is 2. The van der Waals surface area contributed by atoms with Crippen LogP contribution in [0.15, 0.2) is 78.9 Å². The fourth-order valence-corrected chi connectivity index (χ4v) is 5.58. The van der Waals surface area contributed by atoms with E-state index >= 15 is 0 Å². The third-order valence-corrected chi connectivity index (χ3v) is 7.71. The normalized spacial score (nSPS) is 19.7. The number of ether oxygens (including phenoxy) is 1. The molecule has 5 rings (SSSR count). The van der Waals surface area contributed by atoms with Crippen LogP contribution in [0.3, 0.4) is 0 Å². The standard InChI is InChI=1S/C31H35N3O3/c1-23-12-14-25(15-13-23)26-21-34(30(35)20-24-8-4-3-5-9-24)22-27(26)31(36)33-18-16-32(17-19-33)28-10-6-7-11-29(28)37-2/h3-15,26-27H,16-22H2,1-2H3. The second-order valence-corrected chi connectivity index (χ2v) is 10.1. The molecule has 2 atom stereocenters. The van der Waals surface area contributed by atoms with E-state index in [1.807, 2.05) is 58.3 Å². The topological polar surface area (TPSA) is 53.1 Å². The molecule has 0 aromatic heterocycles. The Labute approximate surface area is 219 Å². The fraction of sp³-hybridized carbons (Fsp3) is 0.355. The van der Waals surface area contributed by atoms with Crippen LogP contribution in [0.1, 0.15) is 22.6 Å². The number of benzene rings is 3. The summed E-state index contributed by atoms with van der Waals surface area (Å²) in [6.45, 7) is 5.94. The number of methoxy groups -OCH3 is 1. The van der Waals surface area contributed by atoms with Crippen molar-refractivity contribution in [2.75, 3.05) is 51.3 Å². The van der Waals surface area contributed by atoms with E-state index in [0.717, 1.165) is 35.7 Å². The molecule has 3 aromatic carbocycles. The Hall–Kier alpha value is -3.80. The van der Waals surface area contributed by atoms with Crippen molar-refractivity contribution in [3.63, 3.8) is 0 Å². The van der Waals surface area contributed by atoms with Crippen LogP contribution in [0.5, 0.6) is 5.75 Å². The third-order valence-electron chi connectivity index (χ3n) is 7.71. The van der Waals surface area contributed by atoms with Crippen molar-refractivity contribution in [1.29, 1.82) is 0 Å². The van der Waals surface area contributed by atoms with Crippen LogP contribution in [-0.4, -0.2) is 68.0 Å². The predicted molar refractivity (Wildman–Crippen MR) is 146 cm³/mol. The number of carbonyl (C=O) groups excluding carboxylic acids is 2. The summed E-state index contributed by atoms with van der Waals surface area (Å²) in [5, 5.41) is 0. The van der Waals surface area contributed by atoms with Crippen LogP contribution in [0, 0.1) is 12.8 Å². The Balaban J connectivity index is 1.30. The lowest BCUT2D eigenvalue weighted by atomic mass is 9.87. The molecule has 2 aliphatic heterocycles. The fourth-order valence-electron chi connectivity index (χ4n) is 5.58. The molecular weight excluding hydrogens is 462 g/mol. The van der Waals surface area contributed by atoms with E-state index in [2.05, 4.69) is 42.2 Å². The van der Waals surface area contributed by atoms with Gasteiger partial charge in [-0.1, -0.05) is 72.3 Å². The number of carbonyl (C=O) groups is 2. The molecule has 0 spiro atoms. The van der Waals surface area contributed by atoms with Crippen LogP contribution >= 0.6 is 0 Å². The van der Waals surface area contributed by atoms with Crippen LogP contribution in [-0.2, 0) is 16.0 Å². The second-order valence-electron chi connectivity index (χ2n) is 10.1. The molecule has 2 fully saturated rings. The molecule has 3 aromatic rings. The SMILES string of the molecule is COc1ccccc1N1CCN(C(=O)C2CN(C(=O)Cc3ccccc3)CC2c2ccc(C)cc2)CC1. The van der Waals surface area contributed by atoms with E-state index in [1.54, 1.807) is 7.11 Å². The molecule has 2 heterocycles. The maximum atomic E-state index is 13.9. The molecule has 0 bridgehead atoms. The molecule has 0 radical (unpaired) electrons. The van der Waals surface area contributed by atoms with Gasteiger partial charge < -0.3 is 19.4 Å². The first kappa shape index (κ1) is 24.9. The van der Waals surface area contributed by atoms with Gasteiger partial charge in [0.2, 0.25) is 11.8 Å². The Bertz CT molecular complexity index is 1220. The summed E-state index contributed by atoms with van der Waals surface area (Å²) in [4.78, 5) is 33.3. The zero-order valence-corrected chi connectivity index (χ0v) is 21.7. The van der Waals surface area contributed by atoms with E-state index in [9.17, 15) is 9.59 Å². The van der Waals surface area contributed by atoms with Crippen molar-refractivity contribution >= 4 is 17.5 Å². The zero-order chi connectivity index (χ0) is 25.8. The average Bonchev–Trinajstić information content (AvgIpc) is 3.39. The molecule has 6 nitrogen and oxygen atoms in total. The first-order chi connectivity index (χ1) is 18.0. The Morgan fingerprint density at radius 3 is 2.19 bits per heavy atom. The lowest BCUT2D eigenvalue weighted by Crippen LogP contribution is -2.51. The summed E-state index contributed by atoms with van der Waals surface area (Å²) in [6, 6.07) is 26.3. The van der Waals surface area contributed by atoms with Gasteiger partial charge in [-0.05, 0) is 30.2 Å². The van der Waals surface area contributed by atoms with Gasteiger partial charge in [-0.2, -0.15) is 0 Å². The van der Waals surface area contributed by atoms with Gasteiger partial charge in [-0.3, -0.25) is 9.59 Å². The van der Waals surface area contributed by atoms with E-state index in [-0.39, 0.29) is 23.7 Å². The maximum Gasteiger partial charge on any atom is 0.228 e. The largest absolute Gasteiger partial charge is 0.495 e. The van der Waals surface area contributed by atoms with Gasteiger partial charge in [0.25, 0.3) is 0 Å². The van der Waals surface area contributed by atoms with Crippen LogP contribution in [0.4, 0.5) is 5.69 Å². The number of rotatable bonds is 6. The van der Waals surface area contributed by atoms with Gasteiger partial charge in [0.05, 0.1) is 25.1 Å². The number of aryl methyl sites for hydroxylation is 1. The number of nitrogens with zero attached hydrogens (tertiary/aromatic N) is 3. The van der Waals surface area contributed by atoms with Gasteiger partial charge in [-0.25, -0.2) is 0 Å². The van der Waals surface area contributed by atoms with Crippen LogP contribution in [0.25, 0.3) is 0 Å². The molecule has 0 N–H and O–H groups in total. The molecule has 2 aliphatic rings. The highest BCUT2D eigenvalue weighted by atomic mass is 16.5. The van der Waals surface area contributed by atoms with E-state index in [4.69, 9.17) is 4.74 Å². The smallest absolute Gasteiger partial charge is 0.228 e. The molecular formula is C31H35N3O3. The van der Waals surface area contributed by atoms with E-state index in [1.165, 1.54) is 5.56 Å². The number of likely N-dealkylation sites (tertiary alicyclic amines) is 1. The predicted octanol–water partition coefficient (Wildman–Crippen LogP) is 4.14. The maximum absolute atomic E-state index is 13.9. The van der Waals surface area contributed by atoms with Crippen molar-refractivity contribution in [3.8, 4) is 5.75 Å². The highest BCUT2D eigenvalue weighted by molar-refractivity contribution is 5.84. The summed E-state index contributed by atoms with van der Waals surface area (Å²) in [6.07, 6.45) is 0.361. The third kappa shape index (κ3) is 5.48. The average molecular weight is 498 g/mol. The monoisotopic (exact) mass is 497 g/mol. The van der Waals surface area contributed by atoms with Crippen molar-refractivity contribution in [2.24, 2.45) is 5.92 Å². The minimum Gasteiger partial charge on any atom is -0.495 e. The van der Waals surface area contributed by atoms with Gasteiger partial charge in [-0.15, -0.1) is 0 Å². The van der Waals surface area contributed by atoms with Crippen molar-refractivity contribution < 1.29 is 14.3 Å². The number of amides is 2. The number of piperazine rings is 1. The van der Waals surface area contributed by atoms with Crippen LogP contribution < -0.4 is 9.64 Å². The van der Waals surface area contributed by atoms with Gasteiger partial charge in [0.15, 0.2) is 0 Å². The Morgan fingerprint density at radius 1 is 0.811 bits per heavy atom. The number of anilines is 1. The molecule has 6 heteroatoms. The second kappa shape index (κ2) is 11.1. The first-order valence-corrected chi connectivity index (χ1v) is 13.1. The molecule has 37 heavy (non-hydrogen) atoms. The molecule has 2 unspecified atom stereocenters. The quantitative estimate of drug-likeness (QED) is 0.514. The van der Waals surface area contributed by atoms with Gasteiger partial charge in [0, 0.05) is 45.2 Å². The Kier molecular flexibility index (Phi) is 7.45. The summed E-state index contributed by atoms with van der Waals surface area (Å²) in [7, 11) is 1.69. The van der Waals surface area contributed by atoms with E-state index in [0.29, 0.717) is 32.6 Å². The highest BCUT2D eigenvalue weighted by Gasteiger charge is 2.42. The van der Waals surface area contributed by atoms with Gasteiger partial charge in [0.1, 0.15) is 5.75 Å². The minimum absolute atomic E-state index is 0.0000651. The number of hydrogen-bond donors (Lipinski definition) is 0. The summed E-state index contributed by atoms with van der Waals surface area (Å²) >= 11 is 0. The first-order valence-electron chi connectivity index (χ1n) is 13.1. The zero-order valence-electron chi connectivity index (χ0n) is 21.7. The summed E-state index contributed by atoms with van der Waals surface area (Å²) < 4.78 is 5.54. The lowest BCUT2D eigenvalue weighted by molar-refractivity contribution is -0.136. The molecule has 0 saturated carbocycles. The van der Waals surface area contributed by atoms with Crippen molar-refractivity contribution in [3.05, 3.63) is 95.6 Å². The van der Waals surface area contributed by atoms with Crippen molar-refractivity contribution in [1.82, 2.24) is 9.80 Å². The summed E-state index contributed by atoms with van der Waals surface area (Å²) in [5.41, 5.74) is 4.38.